The highest BCUT2D eigenvalue weighted by Crippen LogP contribution is 2.29. The molecule has 0 unspecified atom stereocenters. The Labute approximate surface area is 131 Å². The summed E-state index contributed by atoms with van der Waals surface area (Å²) < 4.78 is 0. The minimum atomic E-state index is -0.885. The fraction of sp³-hybridized carbons (Fsp3) is 0.211. The molecule has 0 amide bonds. The van der Waals surface area contributed by atoms with Gasteiger partial charge in [0.1, 0.15) is 0 Å². The molecular formula is C19H21NO2. The maximum Gasteiger partial charge on any atom is 0.336 e. The highest BCUT2D eigenvalue weighted by atomic mass is 16.4. The number of aliphatic carboxylic acids is 1. The molecule has 114 valence electrons. The molecule has 0 atom stereocenters. The van der Waals surface area contributed by atoms with Gasteiger partial charge in [0.25, 0.3) is 0 Å². The summed E-state index contributed by atoms with van der Waals surface area (Å²) in [6.07, 6.45) is 0.688. The van der Waals surface area contributed by atoms with Crippen molar-refractivity contribution in [2.24, 2.45) is 0 Å². The third-order valence-electron chi connectivity index (χ3n) is 3.51. The van der Waals surface area contributed by atoms with Gasteiger partial charge in [-0.1, -0.05) is 60.7 Å². The van der Waals surface area contributed by atoms with Crippen molar-refractivity contribution in [1.82, 2.24) is 4.90 Å². The third-order valence-corrected chi connectivity index (χ3v) is 3.51. The Balaban J connectivity index is 2.58. The first kappa shape index (κ1) is 16.0. The van der Waals surface area contributed by atoms with E-state index < -0.39 is 5.97 Å². The average Bonchev–Trinajstić information content (AvgIpc) is 2.52. The number of carbonyl (C=O) groups is 1. The first-order valence-electron chi connectivity index (χ1n) is 7.31. The molecule has 0 aliphatic carbocycles. The van der Waals surface area contributed by atoms with Gasteiger partial charge >= 0.3 is 5.97 Å². The summed E-state index contributed by atoms with van der Waals surface area (Å²) in [7, 11) is 3.98. The number of hydrogen-bond donors (Lipinski definition) is 1. The lowest BCUT2D eigenvalue weighted by atomic mass is 9.92. The molecule has 0 fully saturated rings. The van der Waals surface area contributed by atoms with Gasteiger partial charge in [-0.05, 0) is 37.2 Å². The van der Waals surface area contributed by atoms with Crippen LogP contribution in [0.4, 0.5) is 0 Å². The van der Waals surface area contributed by atoms with Crippen LogP contribution < -0.4 is 0 Å². The summed E-state index contributed by atoms with van der Waals surface area (Å²) in [4.78, 5) is 14.0. The Hall–Kier alpha value is -2.39. The molecule has 1 N–H and O–H groups in total. The number of hydrogen-bond acceptors (Lipinski definition) is 2. The minimum Gasteiger partial charge on any atom is -0.478 e. The van der Waals surface area contributed by atoms with Crippen molar-refractivity contribution < 1.29 is 9.90 Å². The van der Waals surface area contributed by atoms with Crippen LogP contribution in [0.15, 0.2) is 60.7 Å². The van der Waals surface area contributed by atoms with Gasteiger partial charge in [0, 0.05) is 6.54 Å². The van der Waals surface area contributed by atoms with Crippen molar-refractivity contribution in [2.45, 2.75) is 6.42 Å². The van der Waals surface area contributed by atoms with E-state index in [0.717, 1.165) is 23.2 Å². The Bertz CT molecular complexity index is 646. The number of rotatable bonds is 6. The number of carboxylic acids is 1. The SMILES string of the molecule is CN(C)CCC(=C(C(=O)O)c1ccccc1)c1ccccc1. The van der Waals surface area contributed by atoms with Gasteiger partial charge in [-0.3, -0.25) is 0 Å². The zero-order valence-electron chi connectivity index (χ0n) is 13.0. The second kappa shape index (κ2) is 7.57. The van der Waals surface area contributed by atoms with Crippen LogP contribution >= 0.6 is 0 Å². The van der Waals surface area contributed by atoms with Crippen molar-refractivity contribution >= 4 is 17.1 Å². The Kier molecular flexibility index (Phi) is 5.50. The summed E-state index contributed by atoms with van der Waals surface area (Å²) in [6, 6.07) is 19.1. The fourth-order valence-corrected chi connectivity index (χ4v) is 2.42. The smallest absolute Gasteiger partial charge is 0.336 e. The van der Waals surface area contributed by atoms with Crippen molar-refractivity contribution in [2.75, 3.05) is 20.6 Å². The van der Waals surface area contributed by atoms with Gasteiger partial charge in [-0.25, -0.2) is 4.79 Å². The van der Waals surface area contributed by atoms with Gasteiger partial charge in [0.2, 0.25) is 0 Å². The molecule has 0 heterocycles. The maximum atomic E-state index is 11.9. The van der Waals surface area contributed by atoms with E-state index in [0.29, 0.717) is 12.0 Å². The molecule has 0 aromatic heterocycles. The van der Waals surface area contributed by atoms with E-state index in [2.05, 4.69) is 4.90 Å². The molecule has 2 aromatic carbocycles. The van der Waals surface area contributed by atoms with Crippen molar-refractivity contribution in [3.8, 4) is 0 Å². The van der Waals surface area contributed by atoms with Crippen molar-refractivity contribution in [3.05, 3.63) is 71.8 Å². The molecule has 0 bridgehead atoms. The van der Waals surface area contributed by atoms with E-state index in [1.807, 2.05) is 74.8 Å². The zero-order chi connectivity index (χ0) is 15.9. The molecule has 2 rings (SSSR count). The first-order valence-corrected chi connectivity index (χ1v) is 7.31. The summed E-state index contributed by atoms with van der Waals surface area (Å²) in [5.41, 5.74) is 2.96. The lowest BCUT2D eigenvalue weighted by Gasteiger charge is -2.16. The Morgan fingerprint density at radius 1 is 0.909 bits per heavy atom. The molecule has 0 spiro atoms. The van der Waals surface area contributed by atoms with Crippen LogP contribution in [0.3, 0.4) is 0 Å². The summed E-state index contributed by atoms with van der Waals surface area (Å²) in [6.45, 7) is 0.799. The van der Waals surface area contributed by atoms with E-state index in [9.17, 15) is 9.90 Å². The van der Waals surface area contributed by atoms with Crippen LogP contribution in [0, 0.1) is 0 Å². The Morgan fingerprint density at radius 2 is 1.41 bits per heavy atom. The monoisotopic (exact) mass is 295 g/mol. The van der Waals surface area contributed by atoms with Gasteiger partial charge in [-0.15, -0.1) is 0 Å². The lowest BCUT2D eigenvalue weighted by molar-refractivity contribution is -0.130. The largest absolute Gasteiger partial charge is 0.478 e. The van der Waals surface area contributed by atoms with Crippen LogP contribution in [-0.4, -0.2) is 36.6 Å². The van der Waals surface area contributed by atoms with Crippen LogP contribution in [0.2, 0.25) is 0 Å². The quantitative estimate of drug-likeness (QED) is 0.653. The lowest BCUT2D eigenvalue weighted by Crippen LogP contribution is -2.14. The highest BCUT2D eigenvalue weighted by molar-refractivity contribution is 6.23. The second-order valence-corrected chi connectivity index (χ2v) is 5.44. The van der Waals surface area contributed by atoms with E-state index in [-0.39, 0.29) is 0 Å². The molecular weight excluding hydrogens is 274 g/mol. The Morgan fingerprint density at radius 3 is 1.86 bits per heavy atom. The van der Waals surface area contributed by atoms with Crippen molar-refractivity contribution in [3.63, 3.8) is 0 Å². The minimum absolute atomic E-state index is 0.383. The summed E-state index contributed by atoms with van der Waals surface area (Å²) in [5.74, 6) is -0.885. The number of carboxylic acid groups (broad SMARTS) is 1. The van der Waals surface area contributed by atoms with Gasteiger partial charge < -0.3 is 10.0 Å². The predicted molar refractivity (Wildman–Crippen MR) is 90.5 cm³/mol. The zero-order valence-corrected chi connectivity index (χ0v) is 13.0. The molecule has 2 aromatic rings. The molecule has 0 aliphatic heterocycles. The molecule has 3 heteroatoms. The first-order chi connectivity index (χ1) is 10.6. The van der Waals surface area contributed by atoms with Crippen molar-refractivity contribution in [1.29, 1.82) is 0 Å². The standard InChI is InChI=1S/C19H21NO2/c1-20(2)14-13-17(15-9-5-3-6-10-15)18(19(21)22)16-11-7-4-8-12-16/h3-12H,13-14H2,1-2H3,(H,21,22). The molecule has 22 heavy (non-hydrogen) atoms. The van der Waals surface area contributed by atoms with Gasteiger partial charge in [0.15, 0.2) is 0 Å². The fourth-order valence-electron chi connectivity index (χ4n) is 2.42. The highest BCUT2D eigenvalue weighted by Gasteiger charge is 2.18. The van der Waals surface area contributed by atoms with Gasteiger partial charge in [-0.2, -0.15) is 0 Å². The average molecular weight is 295 g/mol. The molecule has 0 saturated heterocycles. The molecule has 0 saturated carbocycles. The maximum absolute atomic E-state index is 11.9. The van der Waals surface area contributed by atoms with E-state index in [4.69, 9.17) is 0 Å². The van der Waals surface area contributed by atoms with Crippen LogP contribution in [0.25, 0.3) is 11.1 Å². The van der Waals surface area contributed by atoms with E-state index in [1.165, 1.54) is 0 Å². The van der Waals surface area contributed by atoms with Crippen LogP contribution in [-0.2, 0) is 4.79 Å². The topological polar surface area (TPSA) is 40.5 Å². The molecule has 3 nitrogen and oxygen atoms in total. The number of benzene rings is 2. The number of nitrogens with zero attached hydrogens (tertiary/aromatic N) is 1. The van der Waals surface area contributed by atoms with Crippen LogP contribution in [0.5, 0.6) is 0 Å². The third kappa shape index (κ3) is 4.06. The summed E-state index contributed by atoms with van der Waals surface area (Å²) in [5, 5.41) is 9.75. The predicted octanol–water partition coefficient (Wildman–Crippen LogP) is 3.63. The van der Waals surface area contributed by atoms with Crippen LogP contribution in [0.1, 0.15) is 17.5 Å². The van der Waals surface area contributed by atoms with E-state index in [1.54, 1.807) is 0 Å². The van der Waals surface area contributed by atoms with E-state index >= 15 is 0 Å². The molecule has 0 radical (unpaired) electrons. The second-order valence-electron chi connectivity index (χ2n) is 5.44. The summed E-state index contributed by atoms with van der Waals surface area (Å²) >= 11 is 0. The molecule has 0 aliphatic rings. The van der Waals surface area contributed by atoms with Gasteiger partial charge in [0.05, 0.1) is 5.57 Å². The normalized spacial score (nSPS) is 12.1.